The van der Waals surface area contributed by atoms with E-state index in [9.17, 15) is 13.6 Å². The van der Waals surface area contributed by atoms with Crippen molar-refractivity contribution in [2.45, 2.75) is 0 Å². The second kappa shape index (κ2) is 6.58. The average molecular weight is 329 g/mol. The van der Waals surface area contributed by atoms with Crippen LogP contribution in [0.5, 0.6) is 0 Å². The van der Waals surface area contributed by atoms with Gasteiger partial charge in [0.15, 0.2) is 23.1 Å². The highest BCUT2D eigenvalue weighted by molar-refractivity contribution is 5.94. The maximum atomic E-state index is 13.3. The average Bonchev–Trinajstić information content (AvgIpc) is 2.63. The summed E-state index contributed by atoms with van der Waals surface area (Å²) in [4.78, 5) is 15.9. The van der Waals surface area contributed by atoms with Crippen molar-refractivity contribution >= 4 is 11.7 Å². The lowest BCUT2D eigenvalue weighted by molar-refractivity contribution is 0.0746. The van der Waals surface area contributed by atoms with Gasteiger partial charge in [0, 0.05) is 31.7 Å². The first kappa shape index (κ1) is 15.8. The predicted octanol–water partition coefficient (Wildman–Crippen LogP) is 1.59. The molecule has 0 radical (unpaired) electrons. The van der Waals surface area contributed by atoms with E-state index in [0.29, 0.717) is 32.0 Å². The standard InChI is InChI=1S/C16H13F2N5O/c17-13-3-1-11(9-14(13)18)16(24)23-7-5-22(6-8-23)15-4-2-12(10-19)20-21-15/h1-4,9H,5-8H2. The molecule has 6 nitrogen and oxygen atoms in total. The molecule has 1 aliphatic rings. The zero-order valence-electron chi connectivity index (χ0n) is 12.6. The van der Waals surface area contributed by atoms with Gasteiger partial charge in [-0.05, 0) is 30.3 Å². The van der Waals surface area contributed by atoms with Crippen LogP contribution in [0.4, 0.5) is 14.6 Å². The predicted molar refractivity (Wildman–Crippen MR) is 81.2 cm³/mol. The van der Waals surface area contributed by atoms with Crippen molar-refractivity contribution < 1.29 is 13.6 Å². The minimum absolute atomic E-state index is 0.125. The molecule has 1 amide bonds. The molecular weight excluding hydrogens is 316 g/mol. The summed E-state index contributed by atoms with van der Waals surface area (Å²) in [5.74, 6) is -1.71. The fourth-order valence-corrected chi connectivity index (χ4v) is 2.50. The molecule has 24 heavy (non-hydrogen) atoms. The summed E-state index contributed by atoms with van der Waals surface area (Å²) in [6, 6.07) is 8.33. The fraction of sp³-hybridized carbons (Fsp3) is 0.250. The van der Waals surface area contributed by atoms with Gasteiger partial charge in [-0.2, -0.15) is 5.26 Å². The molecule has 0 N–H and O–H groups in total. The maximum absolute atomic E-state index is 13.3. The van der Waals surface area contributed by atoms with Crippen molar-refractivity contribution in [2.75, 3.05) is 31.1 Å². The highest BCUT2D eigenvalue weighted by atomic mass is 19.2. The van der Waals surface area contributed by atoms with Crippen LogP contribution in [0.1, 0.15) is 16.1 Å². The van der Waals surface area contributed by atoms with E-state index in [1.165, 1.54) is 6.07 Å². The molecule has 1 fully saturated rings. The van der Waals surface area contributed by atoms with Crippen LogP contribution >= 0.6 is 0 Å². The van der Waals surface area contributed by atoms with E-state index in [1.807, 2.05) is 11.0 Å². The summed E-state index contributed by atoms with van der Waals surface area (Å²) in [7, 11) is 0. The van der Waals surface area contributed by atoms with Crippen LogP contribution in [0, 0.1) is 23.0 Å². The Bertz CT molecular complexity index is 795. The monoisotopic (exact) mass is 329 g/mol. The Morgan fingerprint density at radius 2 is 1.79 bits per heavy atom. The third-order valence-corrected chi connectivity index (χ3v) is 3.82. The van der Waals surface area contributed by atoms with Gasteiger partial charge < -0.3 is 9.80 Å². The summed E-state index contributed by atoms with van der Waals surface area (Å²) < 4.78 is 26.2. The largest absolute Gasteiger partial charge is 0.352 e. The third-order valence-electron chi connectivity index (χ3n) is 3.82. The molecule has 0 unspecified atom stereocenters. The first-order chi connectivity index (χ1) is 11.6. The van der Waals surface area contributed by atoms with Crippen LogP contribution in [-0.4, -0.2) is 47.2 Å². The lowest BCUT2D eigenvalue weighted by Gasteiger charge is -2.35. The molecule has 3 rings (SSSR count). The Morgan fingerprint density at radius 1 is 1.04 bits per heavy atom. The van der Waals surface area contributed by atoms with Gasteiger partial charge in [0.05, 0.1) is 0 Å². The second-order valence-electron chi connectivity index (χ2n) is 5.30. The second-order valence-corrected chi connectivity index (χ2v) is 5.30. The van der Waals surface area contributed by atoms with E-state index in [2.05, 4.69) is 10.2 Å². The summed E-state index contributed by atoms with van der Waals surface area (Å²) >= 11 is 0. The zero-order chi connectivity index (χ0) is 17.1. The van der Waals surface area contributed by atoms with Crippen LogP contribution in [0.3, 0.4) is 0 Å². The number of hydrogen-bond acceptors (Lipinski definition) is 5. The number of anilines is 1. The summed E-state index contributed by atoms with van der Waals surface area (Å²) in [6.07, 6.45) is 0. The van der Waals surface area contributed by atoms with Crippen molar-refractivity contribution in [1.29, 1.82) is 5.26 Å². The Balaban J connectivity index is 1.64. The molecule has 0 saturated carbocycles. The number of carbonyl (C=O) groups excluding carboxylic acids is 1. The van der Waals surface area contributed by atoms with Crippen molar-refractivity contribution in [3.63, 3.8) is 0 Å². The molecule has 1 aromatic heterocycles. The van der Waals surface area contributed by atoms with Crippen molar-refractivity contribution in [3.8, 4) is 6.07 Å². The number of piperazine rings is 1. The molecule has 8 heteroatoms. The highest BCUT2D eigenvalue weighted by Gasteiger charge is 2.23. The Hall–Kier alpha value is -3.08. The van der Waals surface area contributed by atoms with Gasteiger partial charge in [-0.1, -0.05) is 0 Å². The van der Waals surface area contributed by atoms with E-state index in [1.54, 1.807) is 17.0 Å². The lowest BCUT2D eigenvalue weighted by Crippen LogP contribution is -2.49. The first-order valence-electron chi connectivity index (χ1n) is 7.31. The Kier molecular flexibility index (Phi) is 4.33. The maximum Gasteiger partial charge on any atom is 0.254 e. The Morgan fingerprint density at radius 3 is 2.38 bits per heavy atom. The number of aromatic nitrogens is 2. The van der Waals surface area contributed by atoms with Gasteiger partial charge >= 0.3 is 0 Å². The van der Waals surface area contributed by atoms with E-state index in [0.717, 1.165) is 12.1 Å². The molecule has 122 valence electrons. The minimum atomic E-state index is -1.03. The van der Waals surface area contributed by atoms with Crippen molar-refractivity contribution in [3.05, 3.63) is 53.2 Å². The van der Waals surface area contributed by atoms with E-state index < -0.39 is 11.6 Å². The molecule has 1 aromatic carbocycles. The Labute approximate surface area is 136 Å². The number of amides is 1. The molecular formula is C16H13F2N5O. The fourth-order valence-electron chi connectivity index (χ4n) is 2.50. The van der Waals surface area contributed by atoms with Gasteiger partial charge in [0.2, 0.25) is 0 Å². The van der Waals surface area contributed by atoms with Crippen LogP contribution in [-0.2, 0) is 0 Å². The van der Waals surface area contributed by atoms with E-state index >= 15 is 0 Å². The molecule has 1 saturated heterocycles. The summed E-state index contributed by atoms with van der Waals surface area (Å²) in [5.41, 5.74) is 0.367. The van der Waals surface area contributed by atoms with Gasteiger partial charge in [0.25, 0.3) is 5.91 Å². The highest BCUT2D eigenvalue weighted by Crippen LogP contribution is 2.16. The first-order valence-corrected chi connectivity index (χ1v) is 7.31. The van der Waals surface area contributed by atoms with Crippen LogP contribution in [0.15, 0.2) is 30.3 Å². The number of nitrogens with zero attached hydrogens (tertiary/aromatic N) is 5. The topological polar surface area (TPSA) is 73.1 Å². The van der Waals surface area contributed by atoms with Crippen molar-refractivity contribution in [2.24, 2.45) is 0 Å². The smallest absolute Gasteiger partial charge is 0.254 e. The number of benzene rings is 1. The van der Waals surface area contributed by atoms with Crippen LogP contribution in [0.25, 0.3) is 0 Å². The number of hydrogen-bond donors (Lipinski definition) is 0. The summed E-state index contributed by atoms with van der Waals surface area (Å²) in [6.45, 7) is 1.94. The minimum Gasteiger partial charge on any atom is -0.352 e. The number of halogens is 2. The molecule has 0 atom stereocenters. The quantitative estimate of drug-likeness (QED) is 0.836. The summed E-state index contributed by atoms with van der Waals surface area (Å²) in [5, 5.41) is 16.5. The van der Waals surface area contributed by atoms with Crippen LogP contribution < -0.4 is 4.90 Å². The van der Waals surface area contributed by atoms with Gasteiger partial charge in [-0.25, -0.2) is 8.78 Å². The number of nitriles is 1. The van der Waals surface area contributed by atoms with Gasteiger partial charge in [-0.15, -0.1) is 10.2 Å². The molecule has 0 spiro atoms. The zero-order valence-corrected chi connectivity index (χ0v) is 12.6. The van der Waals surface area contributed by atoms with Crippen LogP contribution in [0.2, 0.25) is 0 Å². The molecule has 2 aromatic rings. The van der Waals surface area contributed by atoms with Gasteiger partial charge in [-0.3, -0.25) is 4.79 Å². The lowest BCUT2D eigenvalue weighted by atomic mass is 10.1. The number of rotatable bonds is 2. The normalized spacial score (nSPS) is 14.4. The molecule has 0 aliphatic carbocycles. The molecule has 0 bridgehead atoms. The van der Waals surface area contributed by atoms with E-state index in [4.69, 9.17) is 5.26 Å². The van der Waals surface area contributed by atoms with Crippen molar-refractivity contribution in [1.82, 2.24) is 15.1 Å². The molecule has 1 aliphatic heterocycles. The SMILES string of the molecule is N#Cc1ccc(N2CCN(C(=O)c3ccc(F)c(F)c3)CC2)nn1. The molecule has 2 heterocycles. The third kappa shape index (κ3) is 3.15. The van der Waals surface area contributed by atoms with Gasteiger partial charge in [0.1, 0.15) is 6.07 Å². The van der Waals surface area contributed by atoms with E-state index in [-0.39, 0.29) is 17.2 Å². The number of carbonyl (C=O) groups is 1.